The molecule has 6 nitrogen and oxygen atoms in total. The average molecular weight is 280 g/mol. The summed E-state index contributed by atoms with van der Waals surface area (Å²) >= 11 is 0. The van der Waals surface area contributed by atoms with Crippen molar-refractivity contribution in [2.24, 2.45) is 13.0 Å². The van der Waals surface area contributed by atoms with E-state index in [9.17, 15) is 10.1 Å². The molecule has 112 valence electrons. The summed E-state index contributed by atoms with van der Waals surface area (Å²) in [5.41, 5.74) is 0.740. The summed E-state index contributed by atoms with van der Waals surface area (Å²) in [6.07, 6.45) is 7.86. The third-order valence-corrected chi connectivity index (χ3v) is 4.08. The molecule has 6 heteroatoms. The smallest absolute Gasteiger partial charge is 0.333 e. The summed E-state index contributed by atoms with van der Waals surface area (Å²) in [5.74, 6) is 1.33. The van der Waals surface area contributed by atoms with E-state index in [-0.39, 0.29) is 10.6 Å². The average Bonchev–Trinajstić information content (AvgIpc) is 2.99. The molecule has 2 rings (SSSR count). The Labute approximate surface area is 119 Å². The van der Waals surface area contributed by atoms with Gasteiger partial charge in [0, 0.05) is 13.6 Å². The van der Waals surface area contributed by atoms with Gasteiger partial charge in [0.05, 0.1) is 4.92 Å². The van der Waals surface area contributed by atoms with Gasteiger partial charge in [0.25, 0.3) is 0 Å². The molecule has 0 spiro atoms. The van der Waals surface area contributed by atoms with Gasteiger partial charge in [-0.25, -0.2) is 4.68 Å². The number of hydrogen-bond acceptors (Lipinski definition) is 4. The van der Waals surface area contributed by atoms with Gasteiger partial charge in [-0.1, -0.05) is 39.0 Å². The fourth-order valence-corrected chi connectivity index (χ4v) is 3.06. The molecular formula is C14H24N4O2. The zero-order valence-electron chi connectivity index (χ0n) is 12.4. The highest BCUT2D eigenvalue weighted by Gasteiger charge is 2.26. The first-order valence-corrected chi connectivity index (χ1v) is 7.57. The Bertz CT molecular complexity index is 464. The number of nitrogens with zero attached hydrogens (tertiary/aromatic N) is 3. The predicted octanol–water partition coefficient (Wildman–Crippen LogP) is 3.27. The molecule has 0 atom stereocenters. The SMILES string of the molecule is CCCc1nn(C)c(NCCC2CCCC2)c1[N+](=O)[O-]. The van der Waals surface area contributed by atoms with Gasteiger partial charge >= 0.3 is 5.69 Å². The Morgan fingerprint density at radius 1 is 1.45 bits per heavy atom. The number of aryl methyl sites for hydroxylation is 2. The lowest BCUT2D eigenvalue weighted by Gasteiger charge is -2.10. The molecule has 1 aliphatic carbocycles. The van der Waals surface area contributed by atoms with Crippen LogP contribution in [0.5, 0.6) is 0 Å². The van der Waals surface area contributed by atoms with Crippen molar-refractivity contribution in [2.75, 3.05) is 11.9 Å². The molecule has 1 saturated carbocycles. The summed E-state index contributed by atoms with van der Waals surface area (Å²) < 4.78 is 1.61. The van der Waals surface area contributed by atoms with Crippen LogP contribution >= 0.6 is 0 Å². The van der Waals surface area contributed by atoms with Gasteiger partial charge in [-0.15, -0.1) is 0 Å². The molecule has 1 aliphatic rings. The Morgan fingerprint density at radius 3 is 2.75 bits per heavy atom. The molecule has 1 fully saturated rings. The quantitative estimate of drug-likeness (QED) is 0.614. The van der Waals surface area contributed by atoms with E-state index in [4.69, 9.17) is 0 Å². The molecule has 0 radical (unpaired) electrons. The van der Waals surface area contributed by atoms with Crippen LogP contribution in [0.3, 0.4) is 0 Å². The minimum Gasteiger partial charge on any atom is -0.365 e. The van der Waals surface area contributed by atoms with Gasteiger partial charge in [0.2, 0.25) is 5.82 Å². The number of nitrogens with one attached hydrogen (secondary N) is 1. The monoisotopic (exact) mass is 280 g/mol. The zero-order chi connectivity index (χ0) is 14.5. The lowest BCUT2D eigenvalue weighted by atomic mass is 10.0. The van der Waals surface area contributed by atoms with Crippen molar-refractivity contribution >= 4 is 11.5 Å². The molecule has 1 aromatic heterocycles. The topological polar surface area (TPSA) is 73.0 Å². The molecule has 1 aromatic rings. The predicted molar refractivity (Wildman–Crippen MR) is 78.9 cm³/mol. The Morgan fingerprint density at radius 2 is 2.15 bits per heavy atom. The van der Waals surface area contributed by atoms with Crippen LogP contribution in [0.2, 0.25) is 0 Å². The molecule has 1 heterocycles. The van der Waals surface area contributed by atoms with Crippen LogP contribution in [0, 0.1) is 16.0 Å². The van der Waals surface area contributed by atoms with Crippen molar-refractivity contribution in [3.63, 3.8) is 0 Å². The van der Waals surface area contributed by atoms with Crippen molar-refractivity contribution in [1.29, 1.82) is 0 Å². The van der Waals surface area contributed by atoms with E-state index < -0.39 is 0 Å². The van der Waals surface area contributed by atoms with E-state index in [1.54, 1.807) is 11.7 Å². The minimum absolute atomic E-state index is 0.153. The van der Waals surface area contributed by atoms with Crippen molar-refractivity contribution in [3.8, 4) is 0 Å². The van der Waals surface area contributed by atoms with Gasteiger partial charge in [0.15, 0.2) is 0 Å². The summed E-state index contributed by atoms with van der Waals surface area (Å²) in [5, 5.41) is 18.8. The van der Waals surface area contributed by atoms with E-state index >= 15 is 0 Å². The Balaban J connectivity index is 2.03. The van der Waals surface area contributed by atoms with E-state index in [0.29, 0.717) is 17.9 Å². The highest BCUT2D eigenvalue weighted by atomic mass is 16.6. The number of nitro groups is 1. The molecule has 0 saturated heterocycles. The van der Waals surface area contributed by atoms with Gasteiger partial charge < -0.3 is 5.32 Å². The summed E-state index contributed by atoms with van der Waals surface area (Å²) in [7, 11) is 1.77. The number of hydrogen-bond donors (Lipinski definition) is 1. The lowest BCUT2D eigenvalue weighted by molar-refractivity contribution is -0.384. The van der Waals surface area contributed by atoms with Gasteiger partial charge in [-0.05, 0) is 18.8 Å². The molecule has 20 heavy (non-hydrogen) atoms. The van der Waals surface area contributed by atoms with E-state index in [1.165, 1.54) is 25.7 Å². The fourth-order valence-electron chi connectivity index (χ4n) is 3.06. The molecule has 0 unspecified atom stereocenters. The second kappa shape index (κ2) is 6.72. The van der Waals surface area contributed by atoms with Crippen molar-refractivity contribution in [3.05, 3.63) is 15.8 Å². The molecule has 1 N–H and O–H groups in total. The Hall–Kier alpha value is -1.59. The standard InChI is InChI=1S/C14H24N4O2/c1-3-6-12-13(18(19)20)14(17(2)16-12)15-10-9-11-7-4-5-8-11/h11,15H,3-10H2,1-2H3. The second-order valence-corrected chi connectivity index (χ2v) is 5.64. The minimum atomic E-state index is -0.310. The van der Waals surface area contributed by atoms with Crippen LogP contribution < -0.4 is 5.32 Å². The zero-order valence-corrected chi connectivity index (χ0v) is 12.4. The fraction of sp³-hybridized carbons (Fsp3) is 0.786. The first-order chi connectivity index (χ1) is 9.63. The number of aromatic nitrogens is 2. The van der Waals surface area contributed by atoms with Crippen molar-refractivity contribution < 1.29 is 4.92 Å². The van der Waals surface area contributed by atoms with Gasteiger partial charge in [-0.2, -0.15) is 5.10 Å². The van der Waals surface area contributed by atoms with Crippen LogP contribution in [0.25, 0.3) is 0 Å². The van der Waals surface area contributed by atoms with E-state index in [2.05, 4.69) is 10.4 Å². The van der Waals surface area contributed by atoms with Gasteiger partial charge in [0.1, 0.15) is 5.69 Å². The summed E-state index contributed by atoms with van der Waals surface area (Å²) in [6.45, 7) is 2.79. The van der Waals surface area contributed by atoms with Crippen LogP contribution in [0.15, 0.2) is 0 Å². The first kappa shape index (κ1) is 14.8. The molecule has 0 bridgehead atoms. The van der Waals surface area contributed by atoms with Gasteiger partial charge in [-0.3, -0.25) is 10.1 Å². The number of anilines is 1. The first-order valence-electron chi connectivity index (χ1n) is 7.57. The lowest BCUT2D eigenvalue weighted by Crippen LogP contribution is -2.10. The normalized spacial score (nSPS) is 15.7. The Kier molecular flexibility index (Phi) is 4.98. The maximum absolute atomic E-state index is 11.3. The van der Waals surface area contributed by atoms with E-state index in [0.717, 1.165) is 25.3 Å². The summed E-state index contributed by atoms with van der Waals surface area (Å²) in [4.78, 5) is 11.0. The maximum Gasteiger partial charge on any atom is 0.333 e. The molecular weight excluding hydrogens is 256 g/mol. The number of rotatable bonds is 7. The van der Waals surface area contributed by atoms with Crippen LogP contribution in [-0.4, -0.2) is 21.2 Å². The summed E-state index contributed by atoms with van der Waals surface area (Å²) in [6, 6.07) is 0. The highest BCUT2D eigenvalue weighted by Crippen LogP contribution is 2.30. The van der Waals surface area contributed by atoms with Crippen molar-refractivity contribution in [1.82, 2.24) is 9.78 Å². The molecule has 0 amide bonds. The van der Waals surface area contributed by atoms with E-state index in [1.807, 2.05) is 6.92 Å². The second-order valence-electron chi connectivity index (χ2n) is 5.64. The third kappa shape index (κ3) is 3.29. The molecule has 0 aliphatic heterocycles. The highest BCUT2D eigenvalue weighted by molar-refractivity contribution is 5.59. The van der Waals surface area contributed by atoms with Crippen LogP contribution in [0.1, 0.15) is 51.1 Å². The maximum atomic E-state index is 11.3. The van der Waals surface area contributed by atoms with Crippen LogP contribution in [0.4, 0.5) is 11.5 Å². The molecule has 0 aromatic carbocycles. The van der Waals surface area contributed by atoms with Crippen molar-refractivity contribution in [2.45, 2.75) is 51.9 Å². The third-order valence-electron chi connectivity index (χ3n) is 4.08. The largest absolute Gasteiger partial charge is 0.365 e. The van der Waals surface area contributed by atoms with Crippen LogP contribution in [-0.2, 0) is 13.5 Å².